The number of hydrogen-bond acceptors (Lipinski definition) is 3. The van der Waals surface area contributed by atoms with Crippen LogP contribution in [0.3, 0.4) is 0 Å². The normalized spacial score (nSPS) is 24.2. The van der Waals surface area contributed by atoms with Crippen LogP contribution in [0, 0.1) is 11.8 Å². The zero-order valence-electron chi connectivity index (χ0n) is 10.7. The number of carboxylic acids is 1. The smallest absolute Gasteiger partial charge is 0.334 e. The summed E-state index contributed by atoms with van der Waals surface area (Å²) in [5.74, 6) is -0.714. The molecule has 0 spiro atoms. The standard InChI is InChI=1S/C12H21NO4/c1-4-8(2)9(3)11(14)13-5-6-17-10(7-13)12(15)16/h8-10H,4-7H2,1-3H3,(H,15,16). The van der Waals surface area contributed by atoms with Gasteiger partial charge in [-0.2, -0.15) is 0 Å². The topological polar surface area (TPSA) is 66.8 Å². The van der Waals surface area contributed by atoms with Gasteiger partial charge in [-0.1, -0.05) is 27.2 Å². The van der Waals surface area contributed by atoms with Crippen LogP contribution in [0.25, 0.3) is 0 Å². The molecule has 0 aromatic carbocycles. The van der Waals surface area contributed by atoms with Crippen LogP contribution in [0.1, 0.15) is 27.2 Å². The minimum Gasteiger partial charge on any atom is -0.479 e. The van der Waals surface area contributed by atoms with E-state index in [4.69, 9.17) is 9.84 Å². The zero-order valence-corrected chi connectivity index (χ0v) is 10.7. The molecule has 1 aliphatic rings. The number of carbonyl (C=O) groups excluding carboxylic acids is 1. The Kier molecular flexibility index (Phi) is 4.93. The van der Waals surface area contributed by atoms with Gasteiger partial charge in [0.05, 0.1) is 13.2 Å². The van der Waals surface area contributed by atoms with E-state index in [9.17, 15) is 9.59 Å². The Morgan fingerprint density at radius 1 is 1.47 bits per heavy atom. The molecule has 3 atom stereocenters. The van der Waals surface area contributed by atoms with Crippen molar-refractivity contribution in [3.05, 3.63) is 0 Å². The summed E-state index contributed by atoms with van der Waals surface area (Å²) < 4.78 is 5.09. The summed E-state index contributed by atoms with van der Waals surface area (Å²) in [7, 11) is 0. The minimum atomic E-state index is -1.00. The molecular formula is C12H21NO4. The molecule has 0 aliphatic carbocycles. The van der Waals surface area contributed by atoms with Crippen molar-refractivity contribution in [2.24, 2.45) is 11.8 Å². The lowest BCUT2D eigenvalue weighted by atomic mass is 9.92. The molecule has 5 heteroatoms. The van der Waals surface area contributed by atoms with E-state index in [2.05, 4.69) is 0 Å². The highest BCUT2D eigenvalue weighted by Crippen LogP contribution is 2.19. The van der Waals surface area contributed by atoms with E-state index in [0.29, 0.717) is 19.1 Å². The Labute approximate surface area is 102 Å². The average molecular weight is 243 g/mol. The quantitative estimate of drug-likeness (QED) is 0.799. The van der Waals surface area contributed by atoms with Gasteiger partial charge in [0.15, 0.2) is 6.10 Å². The maximum atomic E-state index is 12.1. The lowest BCUT2D eigenvalue weighted by Crippen LogP contribution is -2.50. The lowest BCUT2D eigenvalue weighted by molar-refractivity contribution is -0.160. The summed E-state index contributed by atoms with van der Waals surface area (Å²) in [5.41, 5.74) is 0. The molecule has 1 rings (SSSR count). The third-order valence-corrected chi connectivity index (χ3v) is 3.54. The summed E-state index contributed by atoms with van der Waals surface area (Å²) in [6.07, 6.45) is 0.0661. The molecule has 1 heterocycles. The fraction of sp³-hybridized carbons (Fsp3) is 0.833. The van der Waals surface area contributed by atoms with E-state index in [-0.39, 0.29) is 18.4 Å². The maximum Gasteiger partial charge on any atom is 0.334 e. The van der Waals surface area contributed by atoms with Crippen LogP contribution in [0.2, 0.25) is 0 Å². The second-order valence-corrected chi connectivity index (χ2v) is 4.66. The molecule has 0 aromatic heterocycles. The first-order chi connectivity index (χ1) is 7.97. The molecule has 17 heavy (non-hydrogen) atoms. The Morgan fingerprint density at radius 3 is 2.65 bits per heavy atom. The van der Waals surface area contributed by atoms with Gasteiger partial charge in [-0.05, 0) is 5.92 Å². The Balaban J connectivity index is 2.60. The second kappa shape index (κ2) is 6.00. The van der Waals surface area contributed by atoms with Crippen molar-refractivity contribution in [2.75, 3.05) is 19.7 Å². The van der Waals surface area contributed by atoms with Crippen LogP contribution < -0.4 is 0 Å². The molecule has 5 nitrogen and oxygen atoms in total. The van der Waals surface area contributed by atoms with Gasteiger partial charge in [0.1, 0.15) is 0 Å². The number of aliphatic carboxylic acids is 1. The van der Waals surface area contributed by atoms with Crippen molar-refractivity contribution in [3.8, 4) is 0 Å². The molecule has 1 fully saturated rings. The lowest BCUT2D eigenvalue weighted by Gasteiger charge is -2.33. The molecular weight excluding hydrogens is 222 g/mol. The maximum absolute atomic E-state index is 12.1. The van der Waals surface area contributed by atoms with Gasteiger partial charge < -0.3 is 14.7 Å². The first-order valence-corrected chi connectivity index (χ1v) is 6.10. The number of hydrogen-bond donors (Lipinski definition) is 1. The third kappa shape index (κ3) is 3.43. The number of carboxylic acid groups (broad SMARTS) is 1. The molecule has 1 aliphatic heterocycles. The van der Waals surface area contributed by atoms with Crippen molar-refractivity contribution in [2.45, 2.75) is 33.3 Å². The third-order valence-electron chi connectivity index (χ3n) is 3.54. The molecule has 3 unspecified atom stereocenters. The van der Waals surface area contributed by atoms with E-state index < -0.39 is 12.1 Å². The summed E-state index contributed by atoms with van der Waals surface area (Å²) in [4.78, 5) is 24.6. The molecule has 1 saturated heterocycles. The van der Waals surface area contributed by atoms with Crippen LogP contribution >= 0.6 is 0 Å². The molecule has 0 radical (unpaired) electrons. The van der Waals surface area contributed by atoms with Crippen molar-refractivity contribution in [1.29, 1.82) is 0 Å². The van der Waals surface area contributed by atoms with E-state index in [1.54, 1.807) is 4.90 Å². The monoisotopic (exact) mass is 243 g/mol. The molecule has 98 valence electrons. The van der Waals surface area contributed by atoms with Gasteiger partial charge in [0, 0.05) is 12.5 Å². The predicted octanol–water partition coefficient (Wildman–Crippen LogP) is 0.981. The van der Waals surface area contributed by atoms with Gasteiger partial charge in [0.25, 0.3) is 0 Å². The van der Waals surface area contributed by atoms with E-state index in [1.165, 1.54) is 0 Å². The van der Waals surface area contributed by atoms with Gasteiger partial charge in [-0.3, -0.25) is 4.79 Å². The van der Waals surface area contributed by atoms with Gasteiger partial charge in [0.2, 0.25) is 5.91 Å². The van der Waals surface area contributed by atoms with Gasteiger partial charge >= 0.3 is 5.97 Å². The largest absolute Gasteiger partial charge is 0.479 e. The highest BCUT2D eigenvalue weighted by molar-refractivity contribution is 5.80. The Bertz CT molecular complexity index is 292. The summed E-state index contributed by atoms with van der Waals surface area (Å²) in [6.45, 7) is 6.95. The number of rotatable bonds is 4. The van der Waals surface area contributed by atoms with Crippen LogP contribution in [0.4, 0.5) is 0 Å². The molecule has 0 saturated carbocycles. The average Bonchev–Trinajstić information content (AvgIpc) is 2.36. The minimum absolute atomic E-state index is 0.0360. The molecule has 1 amide bonds. The van der Waals surface area contributed by atoms with Gasteiger partial charge in [-0.15, -0.1) is 0 Å². The first-order valence-electron chi connectivity index (χ1n) is 6.10. The van der Waals surface area contributed by atoms with E-state index in [1.807, 2.05) is 20.8 Å². The van der Waals surface area contributed by atoms with Crippen LogP contribution in [0.5, 0.6) is 0 Å². The zero-order chi connectivity index (χ0) is 13.0. The molecule has 0 bridgehead atoms. The predicted molar refractivity (Wildman–Crippen MR) is 62.6 cm³/mol. The number of amides is 1. The summed E-state index contributed by atoms with van der Waals surface area (Å²) in [5, 5.41) is 8.87. The molecule has 0 aromatic rings. The van der Waals surface area contributed by atoms with E-state index >= 15 is 0 Å². The second-order valence-electron chi connectivity index (χ2n) is 4.66. The number of ether oxygens (including phenoxy) is 1. The number of carbonyl (C=O) groups is 2. The summed E-state index contributed by atoms with van der Waals surface area (Å²) >= 11 is 0. The van der Waals surface area contributed by atoms with Crippen molar-refractivity contribution in [1.82, 2.24) is 4.90 Å². The number of morpholine rings is 1. The van der Waals surface area contributed by atoms with E-state index in [0.717, 1.165) is 6.42 Å². The van der Waals surface area contributed by atoms with Crippen LogP contribution in [0.15, 0.2) is 0 Å². The van der Waals surface area contributed by atoms with Crippen molar-refractivity contribution in [3.63, 3.8) is 0 Å². The van der Waals surface area contributed by atoms with Crippen LogP contribution in [-0.2, 0) is 14.3 Å². The van der Waals surface area contributed by atoms with Gasteiger partial charge in [-0.25, -0.2) is 4.79 Å². The fourth-order valence-corrected chi connectivity index (χ4v) is 1.88. The highest BCUT2D eigenvalue weighted by atomic mass is 16.5. The SMILES string of the molecule is CCC(C)C(C)C(=O)N1CCOC(C(=O)O)C1. The number of nitrogens with zero attached hydrogens (tertiary/aromatic N) is 1. The first kappa shape index (κ1) is 14.0. The Morgan fingerprint density at radius 2 is 2.12 bits per heavy atom. The molecule has 1 N–H and O–H groups in total. The summed E-state index contributed by atoms with van der Waals surface area (Å²) in [6, 6.07) is 0. The van der Waals surface area contributed by atoms with Crippen molar-refractivity contribution < 1.29 is 19.4 Å². The van der Waals surface area contributed by atoms with Crippen molar-refractivity contribution >= 4 is 11.9 Å². The highest BCUT2D eigenvalue weighted by Gasteiger charge is 2.32. The fourth-order valence-electron chi connectivity index (χ4n) is 1.88. The Hall–Kier alpha value is -1.10. The van der Waals surface area contributed by atoms with Crippen LogP contribution in [-0.4, -0.2) is 47.7 Å².